The smallest absolute Gasteiger partial charge is 0.322 e. The normalized spacial score (nSPS) is 9.81. The SMILES string of the molecule is O=C(O)CNC(=O)CCc1ccccc1Cl. The number of halogens is 1. The van der Waals surface area contributed by atoms with E-state index in [0.717, 1.165) is 5.56 Å². The molecule has 2 N–H and O–H groups in total. The zero-order valence-electron chi connectivity index (χ0n) is 8.57. The molecule has 0 aromatic heterocycles. The molecule has 0 spiro atoms. The summed E-state index contributed by atoms with van der Waals surface area (Å²) in [5.41, 5.74) is 0.884. The molecule has 1 rings (SSSR count). The third-order valence-corrected chi connectivity index (χ3v) is 2.38. The highest BCUT2D eigenvalue weighted by atomic mass is 35.5. The maximum absolute atomic E-state index is 11.2. The van der Waals surface area contributed by atoms with Gasteiger partial charge in [0.05, 0.1) is 0 Å². The molecule has 0 aliphatic heterocycles. The Labute approximate surface area is 98.2 Å². The summed E-state index contributed by atoms with van der Waals surface area (Å²) >= 11 is 5.91. The second-order valence-corrected chi connectivity index (χ2v) is 3.67. The van der Waals surface area contributed by atoms with Gasteiger partial charge in [0.25, 0.3) is 0 Å². The minimum absolute atomic E-state index is 0.233. The van der Waals surface area contributed by atoms with Crippen molar-refractivity contribution in [2.75, 3.05) is 6.54 Å². The number of hydrogen-bond donors (Lipinski definition) is 2. The summed E-state index contributed by atoms with van der Waals surface area (Å²) in [7, 11) is 0. The van der Waals surface area contributed by atoms with E-state index in [1.807, 2.05) is 18.2 Å². The Morgan fingerprint density at radius 2 is 2.00 bits per heavy atom. The highest BCUT2D eigenvalue weighted by Gasteiger charge is 2.05. The monoisotopic (exact) mass is 241 g/mol. The molecule has 0 unspecified atom stereocenters. The van der Waals surface area contributed by atoms with Crippen molar-refractivity contribution in [1.82, 2.24) is 5.32 Å². The van der Waals surface area contributed by atoms with Gasteiger partial charge in [-0.3, -0.25) is 9.59 Å². The van der Waals surface area contributed by atoms with Crippen molar-refractivity contribution in [3.05, 3.63) is 34.9 Å². The molecule has 1 aromatic rings. The van der Waals surface area contributed by atoms with Crippen LogP contribution in [0.2, 0.25) is 5.02 Å². The highest BCUT2D eigenvalue weighted by Crippen LogP contribution is 2.16. The van der Waals surface area contributed by atoms with Crippen LogP contribution in [0.3, 0.4) is 0 Å². The van der Waals surface area contributed by atoms with Crippen molar-refractivity contribution in [2.45, 2.75) is 12.8 Å². The van der Waals surface area contributed by atoms with Crippen LogP contribution in [-0.4, -0.2) is 23.5 Å². The van der Waals surface area contributed by atoms with E-state index >= 15 is 0 Å². The first-order valence-corrected chi connectivity index (χ1v) is 5.19. The Morgan fingerprint density at radius 3 is 2.62 bits per heavy atom. The van der Waals surface area contributed by atoms with Crippen LogP contribution in [0, 0.1) is 0 Å². The Bertz CT molecular complexity index is 393. The fraction of sp³-hybridized carbons (Fsp3) is 0.273. The predicted molar refractivity (Wildman–Crippen MR) is 60.4 cm³/mol. The van der Waals surface area contributed by atoms with Gasteiger partial charge in [-0.1, -0.05) is 29.8 Å². The largest absolute Gasteiger partial charge is 0.480 e. The third kappa shape index (κ3) is 4.31. The average Bonchev–Trinajstić information content (AvgIpc) is 2.25. The number of carboxylic acids is 1. The predicted octanol–water partition coefficient (Wildman–Crippen LogP) is 1.47. The minimum atomic E-state index is -1.05. The lowest BCUT2D eigenvalue weighted by Crippen LogP contribution is -2.29. The molecule has 0 fully saturated rings. The van der Waals surface area contributed by atoms with Crippen LogP contribution in [-0.2, 0) is 16.0 Å². The van der Waals surface area contributed by atoms with Gasteiger partial charge in [-0.25, -0.2) is 0 Å². The molecular formula is C11H12ClNO3. The number of rotatable bonds is 5. The van der Waals surface area contributed by atoms with Crippen LogP contribution in [0.1, 0.15) is 12.0 Å². The molecule has 5 heteroatoms. The Kier molecular flexibility index (Phi) is 4.79. The molecule has 0 aliphatic carbocycles. The summed E-state index contributed by atoms with van der Waals surface area (Å²) in [6, 6.07) is 7.26. The summed E-state index contributed by atoms with van der Waals surface area (Å²) in [6.45, 7) is -0.346. The van der Waals surface area contributed by atoms with Gasteiger partial charge in [0, 0.05) is 11.4 Å². The summed E-state index contributed by atoms with van der Waals surface area (Å²) < 4.78 is 0. The van der Waals surface area contributed by atoms with Gasteiger partial charge in [-0.15, -0.1) is 0 Å². The van der Waals surface area contributed by atoms with E-state index in [1.165, 1.54) is 0 Å². The molecule has 0 aliphatic rings. The maximum Gasteiger partial charge on any atom is 0.322 e. The number of carbonyl (C=O) groups is 2. The number of aliphatic carboxylic acids is 1. The van der Waals surface area contributed by atoms with Crippen molar-refractivity contribution in [3.63, 3.8) is 0 Å². The highest BCUT2D eigenvalue weighted by molar-refractivity contribution is 6.31. The molecule has 0 saturated carbocycles. The Balaban J connectivity index is 2.37. The molecule has 16 heavy (non-hydrogen) atoms. The Morgan fingerprint density at radius 1 is 1.31 bits per heavy atom. The third-order valence-electron chi connectivity index (χ3n) is 2.02. The van der Waals surface area contributed by atoms with Crippen LogP contribution < -0.4 is 5.32 Å². The van der Waals surface area contributed by atoms with Crippen LogP contribution in [0.15, 0.2) is 24.3 Å². The van der Waals surface area contributed by atoms with E-state index in [-0.39, 0.29) is 18.9 Å². The Hall–Kier alpha value is -1.55. The second kappa shape index (κ2) is 6.12. The lowest BCUT2D eigenvalue weighted by Gasteiger charge is -2.04. The first-order chi connectivity index (χ1) is 7.59. The van der Waals surface area contributed by atoms with E-state index in [4.69, 9.17) is 16.7 Å². The standard InChI is InChI=1S/C11H12ClNO3/c12-9-4-2-1-3-8(9)5-6-10(14)13-7-11(15)16/h1-4H,5-7H2,(H,13,14)(H,15,16). The van der Waals surface area contributed by atoms with E-state index in [9.17, 15) is 9.59 Å². The van der Waals surface area contributed by atoms with Crippen LogP contribution in [0.5, 0.6) is 0 Å². The van der Waals surface area contributed by atoms with E-state index in [0.29, 0.717) is 11.4 Å². The first kappa shape index (κ1) is 12.5. The molecule has 0 atom stereocenters. The van der Waals surface area contributed by atoms with Crippen LogP contribution in [0.4, 0.5) is 0 Å². The van der Waals surface area contributed by atoms with E-state index in [2.05, 4.69) is 5.32 Å². The molecule has 0 radical (unpaired) electrons. The quantitative estimate of drug-likeness (QED) is 0.821. The number of carbonyl (C=O) groups excluding carboxylic acids is 1. The maximum atomic E-state index is 11.2. The molecule has 0 bridgehead atoms. The van der Waals surface area contributed by atoms with Crippen molar-refractivity contribution in [3.8, 4) is 0 Å². The molecule has 1 aromatic carbocycles. The molecule has 1 amide bonds. The average molecular weight is 242 g/mol. The van der Waals surface area contributed by atoms with Gasteiger partial charge in [-0.05, 0) is 18.1 Å². The number of hydrogen-bond acceptors (Lipinski definition) is 2. The van der Waals surface area contributed by atoms with Crippen molar-refractivity contribution in [1.29, 1.82) is 0 Å². The lowest BCUT2D eigenvalue weighted by molar-refractivity contribution is -0.137. The number of nitrogens with one attached hydrogen (secondary N) is 1. The van der Waals surface area contributed by atoms with Gasteiger partial charge in [0.15, 0.2) is 0 Å². The molecule has 4 nitrogen and oxygen atoms in total. The van der Waals surface area contributed by atoms with Crippen LogP contribution in [0.25, 0.3) is 0 Å². The zero-order chi connectivity index (χ0) is 12.0. The molecule has 0 saturated heterocycles. The second-order valence-electron chi connectivity index (χ2n) is 3.26. The van der Waals surface area contributed by atoms with Crippen molar-refractivity contribution < 1.29 is 14.7 Å². The number of amides is 1. The first-order valence-electron chi connectivity index (χ1n) is 4.81. The summed E-state index contributed by atoms with van der Waals surface area (Å²) in [4.78, 5) is 21.4. The number of benzene rings is 1. The van der Waals surface area contributed by atoms with E-state index < -0.39 is 5.97 Å². The number of aryl methyl sites for hydroxylation is 1. The minimum Gasteiger partial charge on any atom is -0.480 e. The van der Waals surface area contributed by atoms with Gasteiger partial charge in [0.1, 0.15) is 6.54 Å². The van der Waals surface area contributed by atoms with Gasteiger partial charge < -0.3 is 10.4 Å². The lowest BCUT2D eigenvalue weighted by atomic mass is 10.1. The molecular weight excluding hydrogens is 230 g/mol. The van der Waals surface area contributed by atoms with Gasteiger partial charge in [0.2, 0.25) is 5.91 Å². The summed E-state index contributed by atoms with van der Waals surface area (Å²) in [5.74, 6) is -1.34. The molecule has 86 valence electrons. The van der Waals surface area contributed by atoms with Crippen molar-refractivity contribution in [2.24, 2.45) is 0 Å². The van der Waals surface area contributed by atoms with Crippen LogP contribution >= 0.6 is 11.6 Å². The fourth-order valence-electron chi connectivity index (χ4n) is 1.21. The fourth-order valence-corrected chi connectivity index (χ4v) is 1.44. The summed E-state index contributed by atoms with van der Waals surface area (Å²) in [5, 5.41) is 11.3. The van der Waals surface area contributed by atoms with E-state index in [1.54, 1.807) is 6.07 Å². The topological polar surface area (TPSA) is 66.4 Å². The number of carboxylic acid groups (broad SMARTS) is 1. The van der Waals surface area contributed by atoms with Crippen molar-refractivity contribution >= 4 is 23.5 Å². The van der Waals surface area contributed by atoms with Gasteiger partial charge >= 0.3 is 5.97 Å². The zero-order valence-corrected chi connectivity index (χ0v) is 9.33. The summed E-state index contributed by atoms with van der Waals surface area (Å²) in [6.07, 6.45) is 0.738. The molecule has 0 heterocycles. The van der Waals surface area contributed by atoms with Gasteiger partial charge in [-0.2, -0.15) is 0 Å².